The molecule has 5 heteroatoms. The number of carbonyl (C=O) groups is 1. The van der Waals surface area contributed by atoms with Crippen LogP contribution in [0, 0.1) is 0 Å². The molecule has 1 heterocycles. The number of hydrogen-bond acceptors (Lipinski definition) is 3. The lowest BCUT2D eigenvalue weighted by atomic mass is 10.1. The van der Waals surface area contributed by atoms with Crippen molar-refractivity contribution in [2.75, 3.05) is 12.4 Å². The van der Waals surface area contributed by atoms with Crippen LogP contribution < -0.4 is 10.6 Å². The lowest BCUT2D eigenvalue weighted by Gasteiger charge is -2.21. The number of aromatic amines is 1. The van der Waals surface area contributed by atoms with Gasteiger partial charge >= 0.3 is 0 Å². The summed E-state index contributed by atoms with van der Waals surface area (Å²) in [6.45, 7) is 3.62. The van der Waals surface area contributed by atoms with Gasteiger partial charge in [-0.1, -0.05) is 0 Å². The van der Waals surface area contributed by atoms with Crippen molar-refractivity contribution in [2.24, 2.45) is 0 Å². The fourth-order valence-electron chi connectivity index (χ4n) is 0.720. The molecule has 0 spiro atoms. The van der Waals surface area contributed by atoms with Gasteiger partial charge in [-0.05, 0) is 20.9 Å². The third-order valence-electron chi connectivity index (χ3n) is 1.95. The summed E-state index contributed by atoms with van der Waals surface area (Å²) >= 11 is 0. The first-order valence-electron chi connectivity index (χ1n) is 4.05. The Labute approximate surface area is 76.9 Å². The van der Waals surface area contributed by atoms with Crippen molar-refractivity contribution in [1.82, 2.24) is 15.5 Å². The summed E-state index contributed by atoms with van der Waals surface area (Å²) in [6.07, 6.45) is 3.19. The summed E-state index contributed by atoms with van der Waals surface area (Å²) in [7, 11) is 1.74. The first kappa shape index (κ1) is 9.73. The Morgan fingerprint density at radius 2 is 2.31 bits per heavy atom. The largest absolute Gasteiger partial charge is 0.322 e. The molecule has 0 aliphatic rings. The zero-order valence-electron chi connectivity index (χ0n) is 8.01. The van der Waals surface area contributed by atoms with Crippen LogP contribution in [0.3, 0.4) is 0 Å². The van der Waals surface area contributed by atoms with Gasteiger partial charge in [0.2, 0.25) is 5.91 Å². The molecule has 1 aromatic rings. The van der Waals surface area contributed by atoms with Crippen molar-refractivity contribution in [3.8, 4) is 0 Å². The van der Waals surface area contributed by atoms with E-state index in [0.717, 1.165) is 0 Å². The highest BCUT2D eigenvalue weighted by atomic mass is 16.2. The molecule has 0 fully saturated rings. The molecule has 0 unspecified atom stereocenters. The van der Waals surface area contributed by atoms with E-state index in [2.05, 4.69) is 20.8 Å². The molecule has 0 saturated heterocycles. The Kier molecular flexibility index (Phi) is 2.67. The van der Waals surface area contributed by atoms with E-state index in [1.165, 1.54) is 0 Å². The highest BCUT2D eigenvalue weighted by Gasteiger charge is 2.25. The minimum absolute atomic E-state index is 0.0867. The van der Waals surface area contributed by atoms with Crippen LogP contribution in [-0.2, 0) is 4.79 Å². The second-order valence-electron chi connectivity index (χ2n) is 3.32. The predicted octanol–water partition coefficient (Wildman–Crippen LogP) is 0.346. The fraction of sp³-hybridized carbons (Fsp3) is 0.500. The number of rotatable bonds is 3. The number of nitrogens with zero attached hydrogens (tertiary/aromatic N) is 1. The molecule has 3 N–H and O–H groups in total. The highest BCUT2D eigenvalue weighted by Crippen LogP contribution is 2.07. The van der Waals surface area contributed by atoms with E-state index in [1.807, 2.05) is 13.8 Å². The summed E-state index contributed by atoms with van der Waals surface area (Å²) < 4.78 is 0. The first-order chi connectivity index (χ1) is 6.06. The summed E-state index contributed by atoms with van der Waals surface area (Å²) in [4.78, 5) is 11.5. The molecule has 1 aromatic heterocycles. The van der Waals surface area contributed by atoms with E-state index >= 15 is 0 Å². The van der Waals surface area contributed by atoms with E-state index in [4.69, 9.17) is 0 Å². The lowest BCUT2D eigenvalue weighted by molar-refractivity contribution is -0.121. The maximum atomic E-state index is 11.5. The number of carbonyl (C=O) groups excluding carboxylic acids is 1. The van der Waals surface area contributed by atoms with Crippen LogP contribution in [0.25, 0.3) is 0 Å². The number of hydrogen-bond donors (Lipinski definition) is 3. The van der Waals surface area contributed by atoms with Crippen LogP contribution in [0.1, 0.15) is 13.8 Å². The molecule has 1 amide bonds. The lowest BCUT2D eigenvalue weighted by Crippen LogP contribution is -2.47. The Morgan fingerprint density at radius 1 is 1.62 bits per heavy atom. The Balaban J connectivity index is 2.61. The number of amides is 1. The summed E-state index contributed by atoms with van der Waals surface area (Å²) in [5.41, 5.74) is 0.102. The van der Waals surface area contributed by atoms with Gasteiger partial charge in [0.15, 0.2) is 0 Å². The minimum Gasteiger partial charge on any atom is -0.322 e. The maximum Gasteiger partial charge on any atom is 0.244 e. The summed E-state index contributed by atoms with van der Waals surface area (Å²) in [5.74, 6) is -0.0867. The molecule has 5 nitrogen and oxygen atoms in total. The monoisotopic (exact) mass is 182 g/mol. The maximum absolute atomic E-state index is 11.5. The van der Waals surface area contributed by atoms with Gasteiger partial charge in [-0.15, -0.1) is 0 Å². The average Bonchev–Trinajstić information content (AvgIpc) is 2.57. The van der Waals surface area contributed by atoms with Gasteiger partial charge < -0.3 is 10.6 Å². The van der Waals surface area contributed by atoms with Gasteiger partial charge in [-0.2, -0.15) is 5.10 Å². The smallest absolute Gasteiger partial charge is 0.244 e. The Morgan fingerprint density at radius 3 is 2.77 bits per heavy atom. The van der Waals surface area contributed by atoms with Gasteiger partial charge in [0.25, 0.3) is 0 Å². The fourth-order valence-corrected chi connectivity index (χ4v) is 0.720. The minimum atomic E-state index is -0.572. The number of likely N-dealkylation sites (N-methyl/N-ethyl adjacent to an activating group) is 1. The van der Waals surface area contributed by atoms with E-state index < -0.39 is 5.54 Å². The zero-order chi connectivity index (χ0) is 9.90. The van der Waals surface area contributed by atoms with Crippen molar-refractivity contribution in [3.63, 3.8) is 0 Å². The van der Waals surface area contributed by atoms with Crippen molar-refractivity contribution in [3.05, 3.63) is 12.4 Å². The van der Waals surface area contributed by atoms with Crippen LogP contribution >= 0.6 is 0 Å². The number of anilines is 1. The molecule has 0 saturated carbocycles. The molecule has 0 aromatic carbocycles. The molecular weight excluding hydrogens is 168 g/mol. The standard InChI is InChI=1S/C8H14N4O/c1-8(2,9-3)7(13)12-6-4-10-11-5-6/h4-5,9H,1-3H3,(H,10,11)(H,12,13). The summed E-state index contributed by atoms with van der Waals surface area (Å²) in [5, 5.41) is 12.0. The van der Waals surface area contributed by atoms with Gasteiger partial charge in [0.05, 0.1) is 17.4 Å². The molecular formula is C8H14N4O. The van der Waals surface area contributed by atoms with Gasteiger partial charge in [-0.25, -0.2) is 0 Å². The van der Waals surface area contributed by atoms with Crippen LogP contribution in [0.15, 0.2) is 12.4 Å². The van der Waals surface area contributed by atoms with Gasteiger partial charge in [0, 0.05) is 6.20 Å². The Bertz CT molecular complexity index is 278. The molecule has 72 valence electrons. The molecule has 0 bridgehead atoms. The number of nitrogens with one attached hydrogen (secondary N) is 3. The van der Waals surface area contributed by atoms with Crippen LogP contribution in [0.5, 0.6) is 0 Å². The highest BCUT2D eigenvalue weighted by molar-refractivity contribution is 5.97. The molecule has 0 atom stereocenters. The van der Waals surface area contributed by atoms with E-state index in [9.17, 15) is 4.79 Å². The zero-order valence-corrected chi connectivity index (χ0v) is 8.01. The molecule has 13 heavy (non-hydrogen) atoms. The Hall–Kier alpha value is -1.36. The van der Waals surface area contributed by atoms with E-state index in [0.29, 0.717) is 5.69 Å². The number of aromatic nitrogens is 2. The molecule has 0 aliphatic heterocycles. The van der Waals surface area contributed by atoms with Crippen LogP contribution in [-0.4, -0.2) is 28.7 Å². The molecule has 1 rings (SSSR count). The second kappa shape index (κ2) is 3.57. The topological polar surface area (TPSA) is 69.8 Å². The summed E-state index contributed by atoms with van der Waals surface area (Å²) in [6, 6.07) is 0. The molecule has 0 radical (unpaired) electrons. The van der Waals surface area contributed by atoms with Crippen molar-refractivity contribution in [1.29, 1.82) is 0 Å². The van der Waals surface area contributed by atoms with E-state index in [1.54, 1.807) is 19.4 Å². The van der Waals surface area contributed by atoms with Crippen molar-refractivity contribution in [2.45, 2.75) is 19.4 Å². The predicted molar refractivity (Wildman–Crippen MR) is 50.4 cm³/mol. The molecule has 0 aliphatic carbocycles. The average molecular weight is 182 g/mol. The third-order valence-corrected chi connectivity index (χ3v) is 1.95. The second-order valence-corrected chi connectivity index (χ2v) is 3.32. The van der Waals surface area contributed by atoms with Crippen LogP contribution in [0.2, 0.25) is 0 Å². The van der Waals surface area contributed by atoms with Crippen molar-refractivity contribution < 1.29 is 4.79 Å². The van der Waals surface area contributed by atoms with E-state index in [-0.39, 0.29) is 5.91 Å². The van der Waals surface area contributed by atoms with Gasteiger partial charge in [-0.3, -0.25) is 9.89 Å². The van der Waals surface area contributed by atoms with Crippen molar-refractivity contribution >= 4 is 11.6 Å². The van der Waals surface area contributed by atoms with Gasteiger partial charge in [0.1, 0.15) is 0 Å². The third kappa shape index (κ3) is 2.29. The normalized spacial score (nSPS) is 11.3. The SMILES string of the molecule is CNC(C)(C)C(=O)Nc1cn[nH]c1. The number of H-pyrrole nitrogens is 1. The quantitative estimate of drug-likeness (QED) is 0.631. The first-order valence-corrected chi connectivity index (χ1v) is 4.05. The van der Waals surface area contributed by atoms with Crippen LogP contribution in [0.4, 0.5) is 5.69 Å².